The van der Waals surface area contributed by atoms with E-state index in [1.807, 2.05) is 0 Å². The van der Waals surface area contributed by atoms with Gasteiger partial charge in [-0.1, -0.05) is 19.9 Å². The van der Waals surface area contributed by atoms with Crippen LogP contribution in [0, 0.1) is 11.7 Å². The molecule has 1 aromatic rings. The number of nitrogen functional groups attached to an aromatic ring is 1. The molecule has 0 atom stereocenters. The summed E-state index contributed by atoms with van der Waals surface area (Å²) >= 11 is 0. The van der Waals surface area contributed by atoms with Crippen LogP contribution in [-0.4, -0.2) is 17.5 Å². The van der Waals surface area contributed by atoms with Crippen LogP contribution in [0.3, 0.4) is 0 Å². The van der Waals surface area contributed by atoms with Crippen molar-refractivity contribution in [2.24, 2.45) is 5.92 Å². The van der Waals surface area contributed by atoms with Crippen LogP contribution in [0.5, 0.6) is 0 Å². The number of halogens is 1. The molecule has 17 heavy (non-hydrogen) atoms. The van der Waals surface area contributed by atoms with Crippen LogP contribution in [0.2, 0.25) is 0 Å². The first-order valence-corrected chi connectivity index (χ1v) is 6.35. The van der Waals surface area contributed by atoms with Crippen LogP contribution in [-0.2, 0) is 6.54 Å². The monoisotopic (exact) mass is 236 g/mol. The van der Waals surface area contributed by atoms with Crippen LogP contribution >= 0.6 is 0 Å². The van der Waals surface area contributed by atoms with E-state index in [0.717, 1.165) is 6.54 Å². The highest BCUT2D eigenvalue weighted by Crippen LogP contribution is 2.30. The van der Waals surface area contributed by atoms with Gasteiger partial charge in [0.15, 0.2) is 0 Å². The Kier molecular flexibility index (Phi) is 3.67. The van der Waals surface area contributed by atoms with Gasteiger partial charge in [0.05, 0.1) is 0 Å². The summed E-state index contributed by atoms with van der Waals surface area (Å²) in [4.78, 5) is 2.36. The Hall–Kier alpha value is -1.09. The molecule has 1 aliphatic carbocycles. The Morgan fingerprint density at radius 1 is 1.41 bits per heavy atom. The molecule has 94 valence electrons. The number of nitrogens with zero attached hydrogens (tertiary/aromatic N) is 1. The average Bonchev–Trinajstić information content (AvgIpc) is 3.05. The molecule has 1 aliphatic rings. The van der Waals surface area contributed by atoms with E-state index in [0.29, 0.717) is 29.8 Å². The first-order chi connectivity index (χ1) is 8.08. The average molecular weight is 236 g/mol. The van der Waals surface area contributed by atoms with Gasteiger partial charge in [-0.25, -0.2) is 4.39 Å². The predicted octanol–water partition coefficient (Wildman–Crippen LogP) is 3.03. The van der Waals surface area contributed by atoms with E-state index in [4.69, 9.17) is 5.73 Å². The third-order valence-corrected chi connectivity index (χ3v) is 3.18. The van der Waals surface area contributed by atoms with Gasteiger partial charge in [0.1, 0.15) is 5.82 Å². The van der Waals surface area contributed by atoms with Gasteiger partial charge < -0.3 is 5.73 Å². The summed E-state index contributed by atoms with van der Waals surface area (Å²) in [5, 5.41) is 0. The van der Waals surface area contributed by atoms with E-state index >= 15 is 0 Å². The Morgan fingerprint density at radius 2 is 2.12 bits per heavy atom. The fraction of sp³-hybridized carbons (Fsp3) is 0.571. The second kappa shape index (κ2) is 5.05. The first-order valence-electron chi connectivity index (χ1n) is 6.35. The van der Waals surface area contributed by atoms with E-state index in [1.165, 1.54) is 18.9 Å². The highest BCUT2D eigenvalue weighted by Gasteiger charge is 2.30. The molecule has 1 aromatic carbocycles. The Morgan fingerprint density at radius 3 is 2.65 bits per heavy atom. The fourth-order valence-corrected chi connectivity index (χ4v) is 2.20. The summed E-state index contributed by atoms with van der Waals surface area (Å²) in [5.74, 6) is 0.419. The maximum absolute atomic E-state index is 13.7. The molecule has 0 spiro atoms. The minimum atomic E-state index is -0.181. The number of rotatable bonds is 5. The van der Waals surface area contributed by atoms with Gasteiger partial charge in [-0.05, 0) is 30.9 Å². The lowest BCUT2D eigenvalue weighted by Crippen LogP contribution is -2.30. The van der Waals surface area contributed by atoms with Crippen LogP contribution in [0.25, 0.3) is 0 Å². The second-order valence-electron chi connectivity index (χ2n) is 5.36. The first kappa shape index (κ1) is 12.4. The van der Waals surface area contributed by atoms with Gasteiger partial charge in [0, 0.05) is 30.4 Å². The van der Waals surface area contributed by atoms with Crippen molar-refractivity contribution in [2.75, 3.05) is 12.3 Å². The molecule has 2 nitrogen and oxygen atoms in total. The highest BCUT2D eigenvalue weighted by atomic mass is 19.1. The lowest BCUT2D eigenvalue weighted by atomic mass is 10.1. The quantitative estimate of drug-likeness (QED) is 0.796. The molecule has 2 N–H and O–H groups in total. The van der Waals surface area contributed by atoms with Crippen LogP contribution in [0.15, 0.2) is 18.2 Å². The summed E-state index contributed by atoms with van der Waals surface area (Å²) in [6, 6.07) is 5.57. The predicted molar refractivity (Wildman–Crippen MR) is 69.1 cm³/mol. The number of hydrogen-bond acceptors (Lipinski definition) is 2. The highest BCUT2D eigenvalue weighted by molar-refractivity contribution is 5.47. The zero-order valence-corrected chi connectivity index (χ0v) is 10.6. The maximum Gasteiger partial charge on any atom is 0.129 e. The number of hydrogen-bond donors (Lipinski definition) is 1. The minimum Gasteiger partial charge on any atom is -0.398 e. The largest absolute Gasteiger partial charge is 0.398 e. The van der Waals surface area contributed by atoms with Gasteiger partial charge in [-0.15, -0.1) is 0 Å². The standard InChI is InChI=1S/C14H21FN2/c1-10(2)8-17(11-6-7-11)9-12-13(15)4-3-5-14(12)16/h3-5,10-11H,6-9,16H2,1-2H3. The summed E-state index contributed by atoms with van der Waals surface area (Å²) in [6.07, 6.45) is 2.47. The molecule has 3 heteroatoms. The smallest absolute Gasteiger partial charge is 0.129 e. The molecule has 0 aromatic heterocycles. The van der Waals surface area contributed by atoms with Crippen molar-refractivity contribution in [1.82, 2.24) is 4.90 Å². The molecule has 0 radical (unpaired) electrons. The summed E-state index contributed by atoms with van der Waals surface area (Å²) in [5.41, 5.74) is 7.08. The van der Waals surface area contributed by atoms with Gasteiger partial charge in [-0.3, -0.25) is 4.90 Å². The van der Waals surface area contributed by atoms with Gasteiger partial charge in [-0.2, -0.15) is 0 Å². The molecule has 0 heterocycles. The SMILES string of the molecule is CC(C)CN(Cc1c(N)cccc1F)C1CC1. The minimum absolute atomic E-state index is 0.181. The van der Waals surface area contributed by atoms with E-state index in [1.54, 1.807) is 12.1 Å². The second-order valence-corrected chi connectivity index (χ2v) is 5.36. The van der Waals surface area contributed by atoms with Crippen molar-refractivity contribution in [3.8, 4) is 0 Å². The van der Waals surface area contributed by atoms with E-state index in [2.05, 4.69) is 18.7 Å². The number of nitrogens with two attached hydrogens (primary N) is 1. The summed E-state index contributed by atoms with van der Waals surface area (Å²) in [7, 11) is 0. The van der Waals surface area contributed by atoms with Crippen molar-refractivity contribution < 1.29 is 4.39 Å². The topological polar surface area (TPSA) is 29.3 Å². The van der Waals surface area contributed by atoms with Gasteiger partial charge >= 0.3 is 0 Å². The van der Waals surface area contributed by atoms with Crippen LogP contribution in [0.1, 0.15) is 32.3 Å². The van der Waals surface area contributed by atoms with Crippen LogP contribution < -0.4 is 5.73 Å². The third kappa shape index (κ3) is 3.19. The Bertz CT molecular complexity index is 366. The maximum atomic E-state index is 13.7. The molecule has 0 saturated heterocycles. The Labute approximate surface area is 103 Å². The van der Waals surface area contributed by atoms with Gasteiger partial charge in [0.25, 0.3) is 0 Å². The van der Waals surface area contributed by atoms with Crippen molar-refractivity contribution in [3.63, 3.8) is 0 Å². The molecular formula is C14H21FN2. The number of anilines is 1. The fourth-order valence-electron chi connectivity index (χ4n) is 2.20. The van der Waals surface area contributed by atoms with E-state index in [-0.39, 0.29) is 5.82 Å². The molecule has 0 amide bonds. The molecule has 1 fully saturated rings. The third-order valence-electron chi connectivity index (χ3n) is 3.18. The normalized spacial score (nSPS) is 15.8. The lowest BCUT2D eigenvalue weighted by molar-refractivity contribution is 0.223. The van der Waals surface area contributed by atoms with Gasteiger partial charge in [0.2, 0.25) is 0 Å². The molecule has 1 saturated carbocycles. The van der Waals surface area contributed by atoms with E-state index in [9.17, 15) is 4.39 Å². The van der Waals surface area contributed by atoms with Crippen molar-refractivity contribution in [2.45, 2.75) is 39.3 Å². The molecule has 0 unspecified atom stereocenters. The van der Waals surface area contributed by atoms with Crippen molar-refractivity contribution in [3.05, 3.63) is 29.6 Å². The molecular weight excluding hydrogens is 215 g/mol. The number of benzene rings is 1. The van der Waals surface area contributed by atoms with Crippen molar-refractivity contribution >= 4 is 5.69 Å². The summed E-state index contributed by atoms with van der Waals surface area (Å²) < 4.78 is 13.7. The molecule has 0 aliphatic heterocycles. The Balaban J connectivity index is 2.11. The molecule has 2 rings (SSSR count). The zero-order valence-electron chi connectivity index (χ0n) is 10.6. The zero-order chi connectivity index (χ0) is 12.4. The van der Waals surface area contributed by atoms with Crippen molar-refractivity contribution in [1.29, 1.82) is 0 Å². The van der Waals surface area contributed by atoms with E-state index < -0.39 is 0 Å². The lowest BCUT2D eigenvalue weighted by Gasteiger charge is -2.24. The van der Waals surface area contributed by atoms with Crippen LogP contribution in [0.4, 0.5) is 10.1 Å². The summed E-state index contributed by atoms with van der Waals surface area (Å²) in [6.45, 7) is 6.04. The molecule has 0 bridgehead atoms.